The Balaban J connectivity index is 1.97. The Morgan fingerprint density at radius 2 is 1.76 bits per heavy atom. The summed E-state index contributed by atoms with van der Waals surface area (Å²) < 4.78 is 0. The molecular formula is C14H18ClN5O. The van der Waals surface area contributed by atoms with Crippen molar-refractivity contribution in [3.05, 3.63) is 41.2 Å². The highest BCUT2D eigenvalue weighted by molar-refractivity contribution is 6.28. The summed E-state index contributed by atoms with van der Waals surface area (Å²) in [4.78, 5) is 12.2. The number of nitrogens with one attached hydrogen (secondary N) is 2. The SMILES string of the molecule is CCCNc1nc(Cl)nc(NCC(O)c2ccccc2)n1. The van der Waals surface area contributed by atoms with Gasteiger partial charge < -0.3 is 15.7 Å². The van der Waals surface area contributed by atoms with E-state index < -0.39 is 6.10 Å². The van der Waals surface area contributed by atoms with Crippen molar-refractivity contribution in [2.75, 3.05) is 23.7 Å². The zero-order valence-electron chi connectivity index (χ0n) is 11.8. The molecular weight excluding hydrogens is 290 g/mol. The van der Waals surface area contributed by atoms with Crippen LogP contribution in [0.3, 0.4) is 0 Å². The molecule has 0 saturated carbocycles. The van der Waals surface area contributed by atoms with E-state index in [9.17, 15) is 5.11 Å². The van der Waals surface area contributed by atoms with Gasteiger partial charge in [-0.1, -0.05) is 37.3 Å². The summed E-state index contributed by atoms with van der Waals surface area (Å²) in [5.41, 5.74) is 0.828. The summed E-state index contributed by atoms with van der Waals surface area (Å²) >= 11 is 5.86. The van der Waals surface area contributed by atoms with E-state index >= 15 is 0 Å². The number of hydrogen-bond acceptors (Lipinski definition) is 6. The van der Waals surface area contributed by atoms with Gasteiger partial charge in [0.25, 0.3) is 0 Å². The van der Waals surface area contributed by atoms with Crippen LogP contribution in [0.4, 0.5) is 11.9 Å². The molecule has 1 aromatic carbocycles. The summed E-state index contributed by atoms with van der Waals surface area (Å²) in [7, 11) is 0. The lowest BCUT2D eigenvalue weighted by atomic mass is 10.1. The number of anilines is 2. The maximum absolute atomic E-state index is 10.1. The maximum Gasteiger partial charge on any atom is 0.228 e. The Hall–Kier alpha value is -1.92. The van der Waals surface area contributed by atoms with Crippen molar-refractivity contribution >= 4 is 23.5 Å². The molecule has 0 aliphatic rings. The van der Waals surface area contributed by atoms with E-state index in [1.165, 1.54) is 0 Å². The zero-order chi connectivity index (χ0) is 15.1. The first-order chi connectivity index (χ1) is 10.2. The molecule has 2 aromatic rings. The van der Waals surface area contributed by atoms with E-state index in [-0.39, 0.29) is 11.8 Å². The van der Waals surface area contributed by atoms with Crippen LogP contribution in [-0.2, 0) is 0 Å². The average Bonchev–Trinajstić information content (AvgIpc) is 2.51. The molecule has 1 heterocycles. The van der Waals surface area contributed by atoms with Crippen molar-refractivity contribution in [2.45, 2.75) is 19.4 Å². The Labute approximate surface area is 128 Å². The Kier molecular flexibility index (Phi) is 5.71. The molecule has 7 heteroatoms. The maximum atomic E-state index is 10.1. The van der Waals surface area contributed by atoms with Crippen LogP contribution < -0.4 is 10.6 Å². The first-order valence-electron chi connectivity index (χ1n) is 6.81. The molecule has 1 unspecified atom stereocenters. The number of aromatic nitrogens is 3. The molecule has 0 bridgehead atoms. The monoisotopic (exact) mass is 307 g/mol. The fraction of sp³-hybridized carbons (Fsp3) is 0.357. The molecule has 0 aliphatic heterocycles. The van der Waals surface area contributed by atoms with Gasteiger partial charge in [-0.15, -0.1) is 0 Å². The molecule has 1 aromatic heterocycles. The lowest BCUT2D eigenvalue weighted by Crippen LogP contribution is -2.15. The Morgan fingerprint density at radius 3 is 2.43 bits per heavy atom. The molecule has 6 nitrogen and oxygen atoms in total. The van der Waals surface area contributed by atoms with Gasteiger partial charge in [0.2, 0.25) is 17.2 Å². The number of aliphatic hydroxyl groups excluding tert-OH is 1. The second kappa shape index (κ2) is 7.75. The van der Waals surface area contributed by atoms with Crippen LogP contribution in [0.5, 0.6) is 0 Å². The van der Waals surface area contributed by atoms with E-state index in [0.29, 0.717) is 11.9 Å². The molecule has 0 aliphatic carbocycles. The van der Waals surface area contributed by atoms with E-state index in [1.54, 1.807) is 0 Å². The van der Waals surface area contributed by atoms with Gasteiger partial charge in [-0.05, 0) is 23.6 Å². The van der Waals surface area contributed by atoms with Gasteiger partial charge in [-0.3, -0.25) is 0 Å². The largest absolute Gasteiger partial charge is 0.387 e. The number of nitrogens with zero attached hydrogens (tertiary/aromatic N) is 3. The lowest BCUT2D eigenvalue weighted by Gasteiger charge is -2.12. The van der Waals surface area contributed by atoms with Crippen LogP contribution in [0.15, 0.2) is 30.3 Å². The van der Waals surface area contributed by atoms with Crippen molar-refractivity contribution < 1.29 is 5.11 Å². The predicted octanol–water partition coefficient (Wildman–Crippen LogP) is 2.49. The topological polar surface area (TPSA) is 83.0 Å². The minimum Gasteiger partial charge on any atom is -0.387 e. The lowest BCUT2D eigenvalue weighted by molar-refractivity contribution is 0.191. The molecule has 0 saturated heterocycles. The number of halogens is 1. The van der Waals surface area contributed by atoms with Crippen LogP contribution in [0.2, 0.25) is 5.28 Å². The molecule has 112 valence electrons. The van der Waals surface area contributed by atoms with E-state index in [1.807, 2.05) is 37.3 Å². The minimum absolute atomic E-state index is 0.111. The molecule has 0 radical (unpaired) electrons. The summed E-state index contributed by atoms with van der Waals surface area (Å²) in [6.07, 6.45) is 0.312. The van der Waals surface area contributed by atoms with Crippen molar-refractivity contribution in [2.24, 2.45) is 0 Å². The molecule has 0 fully saturated rings. The Morgan fingerprint density at radius 1 is 1.10 bits per heavy atom. The minimum atomic E-state index is -0.645. The van der Waals surface area contributed by atoms with Gasteiger partial charge in [0, 0.05) is 13.1 Å². The first-order valence-corrected chi connectivity index (χ1v) is 7.19. The van der Waals surface area contributed by atoms with Crippen LogP contribution in [0.25, 0.3) is 0 Å². The van der Waals surface area contributed by atoms with Crippen molar-refractivity contribution in [3.63, 3.8) is 0 Å². The standard InChI is InChI=1S/C14H18ClN5O/c1-2-8-16-13-18-12(15)19-14(20-13)17-9-11(21)10-6-4-3-5-7-10/h3-7,11,21H,2,8-9H2,1H3,(H2,16,17,18,19,20). The first kappa shape index (κ1) is 15.5. The van der Waals surface area contributed by atoms with Crippen molar-refractivity contribution in [1.82, 2.24) is 15.0 Å². The fourth-order valence-corrected chi connectivity index (χ4v) is 1.89. The zero-order valence-corrected chi connectivity index (χ0v) is 12.5. The van der Waals surface area contributed by atoms with Gasteiger partial charge in [0.15, 0.2) is 0 Å². The number of benzene rings is 1. The number of hydrogen-bond donors (Lipinski definition) is 3. The predicted molar refractivity (Wildman–Crippen MR) is 83.5 cm³/mol. The number of aliphatic hydroxyl groups is 1. The van der Waals surface area contributed by atoms with E-state index in [4.69, 9.17) is 11.6 Å². The highest BCUT2D eigenvalue weighted by Gasteiger charge is 2.09. The van der Waals surface area contributed by atoms with Crippen molar-refractivity contribution in [3.8, 4) is 0 Å². The van der Waals surface area contributed by atoms with Crippen molar-refractivity contribution in [1.29, 1.82) is 0 Å². The van der Waals surface area contributed by atoms with Crippen LogP contribution in [0, 0.1) is 0 Å². The molecule has 0 amide bonds. The molecule has 1 atom stereocenters. The third-order valence-electron chi connectivity index (χ3n) is 2.78. The summed E-state index contributed by atoms with van der Waals surface area (Å²) in [5.74, 6) is 0.761. The van der Waals surface area contributed by atoms with Gasteiger partial charge in [0.05, 0.1) is 6.10 Å². The Bertz CT molecular complexity index is 567. The van der Waals surface area contributed by atoms with Gasteiger partial charge in [-0.2, -0.15) is 15.0 Å². The van der Waals surface area contributed by atoms with Crippen LogP contribution in [0.1, 0.15) is 25.0 Å². The van der Waals surface area contributed by atoms with Gasteiger partial charge in [0.1, 0.15) is 0 Å². The quantitative estimate of drug-likeness (QED) is 0.729. The van der Waals surface area contributed by atoms with Gasteiger partial charge in [-0.25, -0.2) is 0 Å². The van der Waals surface area contributed by atoms with Crippen LogP contribution >= 0.6 is 11.6 Å². The second-order valence-electron chi connectivity index (χ2n) is 4.49. The van der Waals surface area contributed by atoms with Gasteiger partial charge >= 0.3 is 0 Å². The normalized spacial score (nSPS) is 12.0. The highest BCUT2D eigenvalue weighted by atomic mass is 35.5. The third-order valence-corrected chi connectivity index (χ3v) is 2.95. The molecule has 0 spiro atoms. The summed E-state index contributed by atoms with van der Waals surface area (Å²) in [6, 6.07) is 9.39. The van der Waals surface area contributed by atoms with Crippen LogP contribution in [-0.4, -0.2) is 33.1 Å². The van der Waals surface area contributed by atoms with E-state index in [2.05, 4.69) is 25.6 Å². The highest BCUT2D eigenvalue weighted by Crippen LogP contribution is 2.14. The average molecular weight is 308 g/mol. The smallest absolute Gasteiger partial charge is 0.228 e. The van der Waals surface area contributed by atoms with E-state index in [0.717, 1.165) is 18.5 Å². The molecule has 21 heavy (non-hydrogen) atoms. The second-order valence-corrected chi connectivity index (χ2v) is 4.82. The molecule has 3 N–H and O–H groups in total. The fourth-order valence-electron chi connectivity index (χ4n) is 1.73. The summed E-state index contributed by atoms with van der Waals surface area (Å²) in [6.45, 7) is 3.09. The molecule has 2 rings (SSSR count). The number of rotatable bonds is 7. The third kappa shape index (κ3) is 4.84. The summed E-state index contributed by atoms with van der Waals surface area (Å²) in [5, 5.41) is 16.2.